The third kappa shape index (κ3) is 3.31. The zero-order chi connectivity index (χ0) is 13.0. The van der Waals surface area contributed by atoms with Crippen LogP contribution in [-0.2, 0) is 6.54 Å². The maximum absolute atomic E-state index is 10.7. The summed E-state index contributed by atoms with van der Waals surface area (Å²) in [6.45, 7) is 6.02. The van der Waals surface area contributed by atoms with Crippen molar-refractivity contribution in [1.29, 1.82) is 0 Å². The molecule has 0 aliphatic carbocycles. The number of nitro benzene ring substituents is 1. The summed E-state index contributed by atoms with van der Waals surface area (Å²) >= 11 is 5.80. The standard InChI is InChI=1S/C11H15ClN2O3/c1-3-13(4-2)7-8-5-9(12)6-10(11(8)15)14(16)17/h5-6,15H,3-4,7H2,1-2H3. The molecule has 0 radical (unpaired) electrons. The topological polar surface area (TPSA) is 66.6 Å². The molecule has 94 valence electrons. The van der Waals surface area contributed by atoms with Crippen LogP contribution in [0.25, 0.3) is 0 Å². The Morgan fingerprint density at radius 3 is 2.47 bits per heavy atom. The number of nitrogens with zero attached hydrogens (tertiary/aromatic N) is 2. The Morgan fingerprint density at radius 1 is 1.41 bits per heavy atom. The smallest absolute Gasteiger partial charge is 0.312 e. The van der Waals surface area contributed by atoms with Crippen LogP contribution in [0.5, 0.6) is 5.75 Å². The van der Waals surface area contributed by atoms with Crippen LogP contribution in [0.1, 0.15) is 19.4 Å². The van der Waals surface area contributed by atoms with Gasteiger partial charge in [-0.05, 0) is 19.2 Å². The minimum absolute atomic E-state index is 0.261. The summed E-state index contributed by atoms with van der Waals surface area (Å²) in [5.41, 5.74) is 0.132. The van der Waals surface area contributed by atoms with Crippen LogP contribution in [0.4, 0.5) is 5.69 Å². The van der Waals surface area contributed by atoms with Crippen molar-refractivity contribution in [3.8, 4) is 5.75 Å². The number of rotatable bonds is 5. The van der Waals surface area contributed by atoms with Crippen LogP contribution in [0.2, 0.25) is 5.02 Å². The van der Waals surface area contributed by atoms with E-state index in [1.807, 2.05) is 18.7 Å². The monoisotopic (exact) mass is 258 g/mol. The Morgan fingerprint density at radius 2 is 2.00 bits per heavy atom. The molecule has 0 unspecified atom stereocenters. The quantitative estimate of drug-likeness (QED) is 0.651. The maximum Gasteiger partial charge on any atom is 0.312 e. The van der Waals surface area contributed by atoms with E-state index >= 15 is 0 Å². The Labute approximate surface area is 105 Å². The van der Waals surface area contributed by atoms with Gasteiger partial charge in [0.25, 0.3) is 0 Å². The summed E-state index contributed by atoms with van der Waals surface area (Å²) in [4.78, 5) is 12.1. The van der Waals surface area contributed by atoms with Gasteiger partial charge in [-0.15, -0.1) is 0 Å². The Hall–Kier alpha value is -1.33. The molecule has 0 saturated heterocycles. The first-order chi connectivity index (χ1) is 7.99. The van der Waals surface area contributed by atoms with E-state index in [4.69, 9.17) is 11.6 Å². The summed E-state index contributed by atoms with van der Waals surface area (Å²) in [7, 11) is 0. The Bertz CT molecular complexity index is 419. The van der Waals surface area contributed by atoms with Crippen LogP contribution in [-0.4, -0.2) is 28.0 Å². The zero-order valence-electron chi connectivity index (χ0n) is 9.81. The molecule has 0 atom stereocenters. The molecule has 0 aliphatic rings. The highest BCUT2D eigenvalue weighted by Crippen LogP contribution is 2.33. The van der Waals surface area contributed by atoms with Gasteiger partial charge in [0.2, 0.25) is 0 Å². The van der Waals surface area contributed by atoms with E-state index in [-0.39, 0.29) is 16.5 Å². The van der Waals surface area contributed by atoms with Crippen molar-refractivity contribution < 1.29 is 10.0 Å². The van der Waals surface area contributed by atoms with Gasteiger partial charge in [0.15, 0.2) is 5.75 Å². The van der Waals surface area contributed by atoms with Crippen LogP contribution < -0.4 is 0 Å². The van der Waals surface area contributed by atoms with Crippen LogP contribution in [0.3, 0.4) is 0 Å². The SMILES string of the molecule is CCN(CC)Cc1cc(Cl)cc([N+](=O)[O-])c1O. The molecule has 0 saturated carbocycles. The number of aromatic hydroxyl groups is 1. The molecule has 17 heavy (non-hydrogen) atoms. The highest BCUT2D eigenvalue weighted by atomic mass is 35.5. The molecule has 0 bridgehead atoms. The van der Waals surface area contributed by atoms with Crippen molar-refractivity contribution in [3.05, 3.63) is 32.8 Å². The fourth-order valence-electron chi connectivity index (χ4n) is 1.59. The number of phenols is 1. The van der Waals surface area contributed by atoms with Gasteiger partial charge in [-0.1, -0.05) is 25.4 Å². The van der Waals surface area contributed by atoms with E-state index in [1.54, 1.807) is 6.07 Å². The number of halogens is 1. The van der Waals surface area contributed by atoms with E-state index in [2.05, 4.69) is 0 Å². The van der Waals surface area contributed by atoms with E-state index < -0.39 is 4.92 Å². The fraction of sp³-hybridized carbons (Fsp3) is 0.455. The zero-order valence-corrected chi connectivity index (χ0v) is 10.6. The number of hydrogen-bond acceptors (Lipinski definition) is 4. The fourth-order valence-corrected chi connectivity index (χ4v) is 1.82. The highest BCUT2D eigenvalue weighted by molar-refractivity contribution is 6.31. The summed E-state index contributed by atoms with van der Waals surface area (Å²) in [5.74, 6) is -0.300. The van der Waals surface area contributed by atoms with Gasteiger partial charge in [-0.2, -0.15) is 0 Å². The van der Waals surface area contributed by atoms with Crippen molar-refractivity contribution in [3.63, 3.8) is 0 Å². The molecule has 5 nitrogen and oxygen atoms in total. The molecule has 1 N–H and O–H groups in total. The van der Waals surface area contributed by atoms with Crippen molar-refractivity contribution in [2.24, 2.45) is 0 Å². The number of phenolic OH excluding ortho intramolecular Hbond substituents is 1. The lowest BCUT2D eigenvalue weighted by Gasteiger charge is -2.18. The summed E-state index contributed by atoms with van der Waals surface area (Å²) in [6, 6.07) is 2.71. The summed E-state index contributed by atoms with van der Waals surface area (Å²) in [5, 5.41) is 20.8. The summed E-state index contributed by atoms with van der Waals surface area (Å²) in [6.07, 6.45) is 0. The molecule has 1 aromatic rings. The van der Waals surface area contributed by atoms with Gasteiger partial charge in [0, 0.05) is 23.2 Å². The molecule has 1 aromatic carbocycles. The third-order valence-electron chi connectivity index (χ3n) is 2.62. The largest absolute Gasteiger partial charge is 0.502 e. The van der Waals surface area contributed by atoms with E-state index in [1.165, 1.54) is 0 Å². The van der Waals surface area contributed by atoms with E-state index in [0.717, 1.165) is 19.2 Å². The van der Waals surface area contributed by atoms with Crippen LogP contribution in [0.15, 0.2) is 12.1 Å². The van der Waals surface area contributed by atoms with Gasteiger partial charge in [-0.3, -0.25) is 15.0 Å². The van der Waals surface area contributed by atoms with Crippen molar-refractivity contribution >= 4 is 17.3 Å². The lowest BCUT2D eigenvalue weighted by Crippen LogP contribution is -2.22. The van der Waals surface area contributed by atoms with Gasteiger partial charge in [0.1, 0.15) is 0 Å². The molecule has 1 rings (SSSR count). The van der Waals surface area contributed by atoms with Gasteiger partial charge in [-0.25, -0.2) is 0 Å². The van der Waals surface area contributed by atoms with Gasteiger partial charge >= 0.3 is 5.69 Å². The lowest BCUT2D eigenvalue weighted by atomic mass is 10.1. The minimum atomic E-state index is -0.632. The second kappa shape index (κ2) is 5.84. The molecular formula is C11H15ClN2O3. The Balaban J connectivity index is 3.11. The predicted octanol–water partition coefficient (Wildman–Crippen LogP) is 2.80. The predicted molar refractivity (Wildman–Crippen MR) is 66.4 cm³/mol. The molecule has 0 amide bonds. The van der Waals surface area contributed by atoms with Crippen LogP contribution >= 0.6 is 11.6 Å². The number of hydrogen-bond donors (Lipinski definition) is 1. The van der Waals surface area contributed by atoms with E-state index in [0.29, 0.717) is 12.1 Å². The molecule has 0 spiro atoms. The van der Waals surface area contributed by atoms with Crippen molar-refractivity contribution in [2.75, 3.05) is 13.1 Å². The Kier molecular flexibility index (Phi) is 4.72. The van der Waals surface area contributed by atoms with Gasteiger partial charge in [0.05, 0.1) is 4.92 Å². The average Bonchev–Trinajstić information content (AvgIpc) is 2.29. The molecular weight excluding hydrogens is 244 g/mol. The molecule has 0 aromatic heterocycles. The first-order valence-corrected chi connectivity index (χ1v) is 5.75. The molecule has 6 heteroatoms. The lowest BCUT2D eigenvalue weighted by molar-refractivity contribution is -0.385. The minimum Gasteiger partial charge on any atom is -0.502 e. The number of nitro groups is 1. The van der Waals surface area contributed by atoms with Crippen molar-refractivity contribution in [1.82, 2.24) is 4.90 Å². The second-order valence-electron chi connectivity index (χ2n) is 3.65. The second-order valence-corrected chi connectivity index (χ2v) is 4.09. The first-order valence-electron chi connectivity index (χ1n) is 5.37. The normalized spacial score (nSPS) is 10.8. The molecule has 0 fully saturated rings. The van der Waals surface area contributed by atoms with E-state index in [9.17, 15) is 15.2 Å². The van der Waals surface area contributed by atoms with Crippen LogP contribution in [0, 0.1) is 10.1 Å². The first kappa shape index (κ1) is 13.7. The van der Waals surface area contributed by atoms with Crippen molar-refractivity contribution in [2.45, 2.75) is 20.4 Å². The average molecular weight is 259 g/mol. The van der Waals surface area contributed by atoms with Gasteiger partial charge < -0.3 is 5.11 Å². The highest BCUT2D eigenvalue weighted by Gasteiger charge is 2.19. The maximum atomic E-state index is 10.7. The summed E-state index contributed by atoms with van der Waals surface area (Å²) < 4.78 is 0. The molecule has 0 aliphatic heterocycles. The third-order valence-corrected chi connectivity index (χ3v) is 2.84. The molecule has 0 heterocycles. The number of benzene rings is 1.